The highest BCUT2D eigenvalue weighted by atomic mass is 16.7. The summed E-state index contributed by atoms with van der Waals surface area (Å²) in [6.07, 6.45) is 6.02. The fourth-order valence-electron chi connectivity index (χ4n) is 4.74. The minimum atomic E-state index is -0.446. The second-order valence-electron chi connectivity index (χ2n) is 9.82. The SMILES string of the molecule is C[C@H](OC1CCCCO1)c1nccn1[C@@H](C#Cc1ccc(-c2ccc(OC3CN(C(N)=O)C3)cc2)cc1)CO. The fourth-order valence-corrected chi connectivity index (χ4v) is 4.74. The van der Waals surface area contributed by atoms with Gasteiger partial charge in [0, 0.05) is 24.6 Å². The van der Waals surface area contributed by atoms with Crippen LogP contribution in [-0.2, 0) is 9.47 Å². The van der Waals surface area contributed by atoms with Crippen LogP contribution in [0.25, 0.3) is 11.1 Å². The van der Waals surface area contributed by atoms with E-state index in [2.05, 4.69) is 16.8 Å². The van der Waals surface area contributed by atoms with E-state index in [1.54, 1.807) is 11.1 Å². The van der Waals surface area contributed by atoms with Crippen molar-refractivity contribution in [3.63, 3.8) is 0 Å². The molecule has 2 saturated heterocycles. The molecule has 3 N–H and O–H groups in total. The molecule has 9 nitrogen and oxygen atoms in total. The number of aliphatic hydroxyl groups is 1. The molecule has 5 rings (SSSR count). The van der Waals surface area contributed by atoms with Crippen molar-refractivity contribution in [2.45, 2.75) is 50.7 Å². The second-order valence-corrected chi connectivity index (χ2v) is 9.82. The topological polar surface area (TPSA) is 112 Å². The van der Waals surface area contributed by atoms with Gasteiger partial charge >= 0.3 is 6.03 Å². The number of aromatic nitrogens is 2. The van der Waals surface area contributed by atoms with Gasteiger partial charge in [0.25, 0.3) is 0 Å². The summed E-state index contributed by atoms with van der Waals surface area (Å²) in [6, 6.07) is 15.0. The van der Waals surface area contributed by atoms with Crippen LogP contribution in [0, 0.1) is 11.8 Å². The third kappa shape index (κ3) is 6.60. The van der Waals surface area contributed by atoms with Crippen molar-refractivity contribution in [3.8, 4) is 28.7 Å². The molecule has 1 aromatic heterocycles. The normalized spacial score (nSPS) is 18.9. The van der Waals surface area contributed by atoms with Gasteiger partial charge in [0.05, 0.1) is 19.7 Å². The van der Waals surface area contributed by atoms with E-state index < -0.39 is 12.1 Å². The number of urea groups is 1. The van der Waals surface area contributed by atoms with Crippen molar-refractivity contribution in [1.29, 1.82) is 0 Å². The number of hydrogen-bond acceptors (Lipinski definition) is 6. The molecule has 0 aliphatic carbocycles. The highest BCUT2D eigenvalue weighted by molar-refractivity contribution is 5.73. The Balaban J connectivity index is 1.20. The summed E-state index contributed by atoms with van der Waals surface area (Å²) in [5.74, 6) is 7.83. The number of hydrogen-bond donors (Lipinski definition) is 2. The van der Waals surface area contributed by atoms with Crippen LogP contribution in [-0.4, -0.2) is 64.3 Å². The van der Waals surface area contributed by atoms with E-state index in [0.717, 1.165) is 41.7 Å². The number of imidazole rings is 1. The standard InChI is InChI=1S/C30H34N4O5/c1-21(38-28-4-2-3-17-37-28)29-32-15-16-34(29)25(20-35)12-7-22-5-8-23(9-6-22)24-10-13-26(14-11-24)39-27-18-33(19-27)30(31)36/h5-6,8-11,13-16,21,25,27-28,35H,2-4,17-20H2,1H3,(H2,31,36)/t21-,25-,28?/m0/s1. The number of nitrogens with two attached hydrogens (primary N) is 1. The Bertz CT molecular complexity index is 1300. The second kappa shape index (κ2) is 12.3. The number of nitrogens with zero attached hydrogens (tertiary/aromatic N) is 3. The van der Waals surface area contributed by atoms with Gasteiger partial charge in [0.1, 0.15) is 29.8 Å². The number of carbonyl (C=O) groups excluding carboxylic acids is 1. The number of ether oxygens (including phenoxy) is 3. The van der Waals surface area contributed by atoms with Crippen LogP contribution in [0.5, 0.6) is 5.75 Å². The summed E-state index contributed by atoms with van der Waals surface area (Å²) < 4.78 is 19.5. The Labute approximate surface area is 228 Å². The lowest BCUT2D eigenvalue weighted by Crippen LogP contribution is -2.57. The monoisotopic (exact) mass is 530 g/mol. The quantitative estimate of drug-likeness (QED) is 0.428. The van der Waals surface area contributed by atoms with Crippen LogP contribution in [0.4, 0.5) is 4.79 Å². The van der Waals surface area contributed by atoms with E-state index in [-0.39, 0.29) is 25.1 Å². The number of carbonyl (C=O) groups is 1. The highest BCUT2D eigenvalue weighted by Crippen LogP contribution is 2.26. The van der Waals surface area contributed by atoms with Gasteiger partial charge < -0.3 is 34.5 Å². The van der Waals surface area contributed by atoms with Gasteiger partial charge in [-0.1, -0.05) is 36.1 Å². The molecule has 3 heterocycles. The predicted molar refractivity (Wildman–Crippen MR) is 146 cm³/mol. The van der Waals surface area contributed by atoms with Crippen LogP contribution in [0.1, 0.15) is 49.7 Å². The molecule has 3 aromatic rings. The van der Waals surface area contributed by atoms with Crippen LogP contribution < -0.4 is 10.5 Å². The van der Waals surface area contributed by atoms with Crippen LogP contribution in [0.3, 0.4) is 0 Å². The number of aliphatic hydroxyl groups excluding tert-OH is 1. The van der Waals surface area contributed by atoms with Crippen LogP contribution >= 0.6 is 0 Å². The molecular formula is C30H34N4O5. The first-order valence-corrected chi connectivity index (χ1v) is 13.3. The predicted octanol–water partition coefficient (Wildman–Crippen LogP) is 3.88. The lowest BCUT2D eigenvalue weighted by atomic mass is 10.0. The molecule has 39 heavy (non-hydrogen) atoms. The molecule has 0 radical (unpaired) electrons. The van der Waals surface area contributed by atoms with Gasteiger partial charge in [-0.2, -0.15) is 0 Å². The average Bonchev–Trinajstić information content (AvgIpc) is 3.42. The molecule has 9 heteroatoms. The average molecular weight is 531 g/mol. The van der Waals surface area contributed by atoms with E-state index in [0.29, 0.717) is 25.5 Å². The first-order valence-electron chi connectivity index (χ1n) is 13.3. The molecule has 2 fully saturated rings. The molecule has 3 atom stereocenters. The zero-order valence-electron chi connectivity index (χ0n) is 22.0. The summed E-state index contributed by atoms with van der Waals surface area (Å²) in [4.78, 5) is 17.1. The zero-order chi connectivity index (χ0) is 27.2. The van der Waals surface area contributed by atoms with Crippen molar-refractivity contribution in [2.24, 2.45) is 5.73 Å². The van der Waals surface area contributed by atoms with Crippen molar-refractivity contribution in [3.05, 3.63) is 72.3 Å². The summed E-state index contributed by atoms with van der Waals surface area (Å²) >= 11 is 0. The molecule has 0 spiro atoms. The Hall–Kier alpha value is -3.84. The number of benzene rings is 2. The number of likely N-dealkylation sites (tertiary alicyclic amines) is 1. The maximum Gasteiger partial charge on any atom is 0.315 e. The minimum absolute atomic E-state index is 0.0241. The Morgan fingerprint density at radius 3 is 2.51 bits per heavy atom. The molecule has 1 unspecified atom stereocenters. The summed E-state index contributed by atoms with van der Waals surface area (Å²) in [7, 11) is 0. The lowest BCUT2D eigenvalue weighted by molar-refractivity contribution is -0.188. The molecule has 0 saturated carbocycles. The van der Waals surface area contributed by atoms with Crippen molar-refractivity contribution in [2.75, 3.05) is 26.3 Å². The minimum Gasteiger partial charge on any atom is -0.487 e. The Kier molecular flexibility index (Phi) is 8.47. The molecule has 2 aromatic carbocycles. The van der Waals surface area contributed by atoms with Crippen molar-refractivity contribution < 1.29 is 24.1 Å². The van der Waals surface area contributed by atoms with Crippen molar-refractivity contribution >= 4 is 6.03 Å². The Morgan fingerprint density at radius 1 is 1.15 bits per heavy atom. The largest absolute Gasteiger partial charge is 0.487 e. The van der Waals surface area contributed by atoms with E-state index in [1.807, 2.05) is 66.2 Å². The number of amides is 2. The van der Waals surface area contributed by atoms with E-state index >= 15 is 0 Å². The first kappa shape index (κ1) is 26.8. The van der Waals surface area contributed by atoms with Gasteiger partial charge in [-0.3, -0.25) is 0 Å². The van der Waals surface area contributed by atoms with Crippen LogP contribution in [0.15, 0.2) is 60.9 Å². The summed E-state index contributed by atoms with van der Waals surface area (Å²) in [5, 5.41) is 10.1. The summed E-state index contributed by atoms with van der Waals surface area (Å²) in [6.45, 7) is 3.55. The van der Waals surface area contributed by atoms with Gasteiger partial charge in [-0.05, 0) is 61.6 Å². The first-order chi connectivity index (χ1) is 19.0. The number of rotatable bonds is 8. The molecule has 0 bridgehead atoms. The molecule has 2 aliphatic heterocycles. The van der Waals surface area contributed by atoms with Crippen LogP contribution in [0.2, 0.25) is 0 Å². The van der Waals surface area contributed by atoms with E-state index in [9.17, 15) is 9.90 Å². The van der Waals surface area contributed by atoms with E-state index in [4.69, 9.17) is 19.9 Å². The third-order valence-corrected chi connectivity index (χ3v) is 6.98. The Morgan fingerprint density at radius 2 is 1.87 bits per heavy atom. The smallest absolute Gasteiger partial charge is 0.315 e. The van der Waals surface area contributed by atoms with E-state index in [1.165, 1.54) is 0 Å². The maximum absolute atomic E-state index is 11.1. The van der Waals surface area contributed by atoms with Gasteiger partial charge in [0.2, 0.25) is 0 Å². The molecular weight excluding hydrogens is 496 g/mol. The molecule has 2 aliphatic rings. The fraction of sp³-hybridized carbons (Fsp3) is 0.400. The highest BCUT2D eigenvalue weighted by Gasteiger charge is 2.30. The van der Waals surface area contributed by atoms with Gasteiger partial charge in [0.15, 0.2) is 6.29 Å². The van der Waals surface area contributed by atoms with Crippen molar-refractivity contribution in [1.82, 2.24) is 14.5 Å². The maximum atomic E-state index is 11.1. The third-order valence-electron chi connectivity index (χ3n) is 6.98. The number of primary amides is 1. The lowest BCUT2D eigenvalue weighted by Gasteiger charge is -2.37. The van der Waals surface area contributed by atoms with Gasteiger partial charge in [-0.25, -0.2) is 9.78 Å². The zero-order valence-corrected chi connectivity index (χ0v) is 22.0. The van der Waals surface area contributed by atoms with Gasteiger partial charge in [-0.15, -0.1) is 0 Å². The summed E-state index contributed by atoms with van der Waals surface area (Å²) in [5.41, 5.74) is 8.22. The molecule has 204 valence electrons. The molecule has 2 amide bonds.